The Morgan fingerprint density at radius 2 is 1.68 bits per heavy atom. The van der Waals surface area contributed by atoms with Crippen molar-refractivity contribution in [1.82, 2.24) is 4.31 Å². The molecule has 0 aliphatic carbocycles. The second-order valence-corrected chi connectivity index (χ2v) is 9.95. The molecule has 2 aromatic rings. The summed E-state index contributed by atoms with van der Waals surface area (Å²) in [4.78, 5) is 12.8. The lowest BCUT2D eigenvalue weighted by Gasteiger charge is -2.31. The van der Waals surface area contributed by atoms with Crippen molar-refractivity contribution in [2.45, 2.75) is 29.6 Å². The van der Waals surface area contributed by atoms with E-state index in [1.807, 2.05) is 24.3 Å². The van der Waals surface area contributed by atoms with Gasteiger partial charge in [-0.1, -0.05) is 12.1 Å². The average Bonchev–Trinajstić information content (AvgIpc) is 2.73. The third-order valence-electron chi connectivity index (χ3n) is 5.02. The fourth-order valence-corrected chi connectivity index (χ4v) is 5.77. The largest absolute Gasteiger partial charge is 0.497 e. The highest BCUT2D eigenvalue weighted by molar-refractivity contribution is 7.99. The van der Waals surface area contributed by atoms with E-state index in [9.17, 15) is 13.2 Å². The zero-order chi connectivity index (χ0) is 20.1. The molecule has 0 atom stereocenters. The molecule has 1 saturated heterocycles. The molecule has 1 heterocycles. The minimum absolute atomic E-state index is 0.0703. The zero-order valence-electron chi connectivity index (χ0n) is 16.1. The van der Waals surface area contributed by atoms with E-state index in [1.54, 1.807) is 35.3 Å². The smallest absolute Gasteiger partial charge is 0.243 e. The lowest BCUT2D eigenvalue weighted by atomic mass is 10.0. The fraction of sp³-hybridized carbons (Fsp3) is 0.381. The predicted octanol–water partition coefficient (Wildman–Crippen LogP) is 4.09. The minimum atomic E-state index is -3.50. The van der Waals surface area contributed by atoms with Gasteiger partial charge in [0.2, 0.25) is 10.0 Å². The first kappa shape index (κ1) is 20.9. The van der Waals surface area contributed by atoms with E-state index in [1.165, 1.54) is 24.0 Å². The van der Waals surface area contributed by atoms with Crippen molar-refractivity contribution in [2.24, 2.45) is 5.92 Å². The van der Waals surface area contributed by atoms with Crippen molar-refractivity contribution < 1.29 is 17.9 Å². The summed E-state index contributed by atoms with van der Waals surface area (Å²) in [6.07, 6.45) is 1.71. The molecular weight excluding hydrogens is 394 g/mol. The maximum atomic E-state index is 12.8. The summed E-state index contributed by atoms with van der Waals surface area (Å²) in [5, 5.41) is 0. The molecule has 2 aromatic carbocycles. The molecule has 0 aromatic heterocycles. The molecule has 0 amide bonds. The third kappa shape index (κ3) is 4.96. The van der Waals surface area contributed by atoms with Gasteiger partial charge in [-0.3, -0.25) is 4.79 Å². The first-order valence-corrected chi connectivity index (χ1v) is 11.7. The monoisotopic (exact) mass is 419 g/mol. The van der Waals surface area contributed by atoms with Gasteiger partial charge in [0.15, 0.2) is 5.78 Å². The third-order valence-corrected chi connectivity index (χ3v) is 8.17. The van der Waals surface area contributed by atoms with Gasteiger partial charge in [-0.15, -0.1) is 11.8 Å². The molecule has 7 heteroatoms. The molecule has 150 valence electrons. The van der Waals surface area contributed by atoms with Crippen molar-refractivity contribution in [1.29, 1.82) is 0 Å². The van der Waals surface area contributed by atoms with E-state index in [4.69, 9.17) is 4.74 Å². The van der Waals surface area contributed by atoms with Crippen molar-refractivity contribution in [3.8, 4) is 5.75 Å². The summed E-state index contributed by atoms with van der Waals surface area (Å²) in [6.45, 7) is 2.54. The normalized spacial score (nSPS) is 16.1. The number of Topliss-reactive ketones (excluding diaryl/α,β-unsaturated/α-hetero) is 1. The number of ketones is 1. The molecule has 0 N–H and O–H groups in total. The highest BCUT2D eigenvalue weighted by atomic mass is 32.2. The highest BCUT2D eigenvalue weighted by Crippen LogP contribution is 2.29. The van der Waals surface area contributed by atoms with Crippen LogP contribution in [0.5, 0.6) is 5.75 Å². The van der Waals surface area contributed by atoms with E-state index in [-0.39, 0.29) is 10.7 Å². The lowest BCUT2D eigenvalue weighted by molar-refractivity contribution is 0.101. The van der Waals surface area contributed by atoms with Crippen LogP contribution in [0.3, 0.4) is 0 Å². The number of thioether (sulfide) groups is 1. The summed E-state index contributed by atoms with van der Waals surface area (Å²) >= 11 is 1.80. The Morgan fingerprint density at radius 1 is 1.07 bits per heavy atom. The van der Waals surface area contributed by atoms with Crippen LogP contribution in [0, 0.1) is 5.92 Å². The fourth-order valence-electron chi connectivity index (χ4n) is 3.21. The molecule has 28 heavy (non-hydrogen) atoms. The maximum Gasteiger partial charge on any atom is 0.243 e. The molecule has 0 bridgehead atoms. The van der Waals surface area contributed by atoms with Gasteiger partial charge in [-0.25, -0.2) is 8.42 Å². The van der Waals surface area contributed by atoms with Gasteiger partial charge < -0.3 is 4.74 Å². The summed E-state index contributed by atoms with van der Waals surface area (Å²) in [5.41, 5.74) is 0.521. The van der Waals surface area contributed by atoms with Crippen LogP contribution < -0.4 is 4.74 Å². The quantitative estimate of drug-likeness (QED) is 0.500. The van der Waals surface area contributed by atoms with Gasteiger partial charge in [0, 0.05) is 29.3 Å². The van der Waals surface area contributed by atoms with Crippen LogP contribution in [0.25, 0.3) is 0 Å². The number of nitrogens with zero attached hydrogens (tertiary/aromatic N) is 1. The number of ether oxygens (including phenoxy) is 1. The van der Waals surface area contributed by atoms with E-state index in [2.05, 4.69) is 0 Å². The van der Waals surface area contributed by atoms with Crippen LogP contribution >= 0.6 is 11.8 Å². The molecule has 1 aliphatic rings. The first-order chi connectivity index (χ1) is 13.4. The van der Waals surface area contributed by atoms with Gasteiger partial charge in [0.05, 0.1) is 12.0 Å². The summed E-state index contributed by atoms with van der Waals surface area (Å²) in [6, 6.07) is 14.2. The van der Waals surface area contributed by atoms with Crippen molar-refractivity contribution in [3.63, 3.8) is 0 Å². The topological polar surface area (TPSA) is 63.7 Å². The molecular formula is C21H25NO4S2. The maximum absolute atomic E-state index is 12.8. The molecule has 0 unspecified atom stereocenters. The number of hydrogen-bond acceptors (Lipinski definition) is 5. The second-order valence-electron chi connectivity index (χ2n) is 6.91. The van der Waals surface area contributed by atoms with Crippen LogP contribution in [-0.2, 0) is 10.0 Å². The van der Waals surface area contributed by atoms with Crippen LogP contribution in [0.1, 0.15) is 30.1 Å². The Kier molecular flexibility index (Phi) is 6.80. The van der Waals surface area contributed by atoms with Gasteiger partial charge in [-0.2, -0.15) is 4.31 Å². The number of carbonyl (C=O) groups excluding carboxylic acids is 1. The Labute approximate surface area is 171 Å². The number of sulfonamides is 1. The lowest BCUT2D eigenvalue weighted by Crippen LogP contribution is -2.38. The standard InChI is InChI=1S/C21H25NO4S2/c1-16(23)18-3-9-21(10-4-18)28(24,25)22-13-11-17(12-14-22)15-27-20-7-5-19(26-2)6-8-20/h3-10,17H,11-15H2,1-2H3. The van der Waals surface area contributed by atoms with Crippen LogP contribution in [0.15, 0.2) is 58.3 Å². The molecule has 0 spiro atoms. The number of hydrogen-bond donors (Lipinski definition) is 0. The summed E-state index contributed by atoms with van der Waals surface area (Å²) in [5.74, 6) is 2.25. The highest BCUT2D eigenvalue weighted by Gasteiger charge is 2.29. The summed E-state index contributed by atoms with van der Waals surface area (Å²) < 4.78 is 32.4. The molecule has 1 aliphatic heterocycles. The Hall–Kier alpha value is -1.83. The zero-order valence-corrected chi connectivity index (χ0v) is 17.8. The molecule has 1 fully saturated rings. The van der Waals surface area contributed by atoms with Crippen LogP contribution in [-0.4, -0.2) is 44.5 Å². The number of methoxy groups -OCH3 is 1. The SMILES string of the molecule is COc1ccc(SCC2CCN(S(=O)(=O)c3ccc(C(C)=O)cc3)CC2)cc1. The van der Waals surface area contributed by atoms with E-state index in [0.29, 0.717) is 24.6 Å². The Bertz CT molecular complexity index is 900. The molecule has 0 saturated carbocycles. The van der Waals surface area contributed by atoms with Gasteiger partial charge in [0.1, 0.15) is 5.75 Å². The van der Waals surface area contributed by atoms with Gasteiger partial charge in [0.25, 0.3) is 0 Å². The first-order valence-electron chi connectivity index (χ1n) is 9.28. The van der Waals surface area contributed by atoms with Crippen molar-refractivity contribution in [3.05, 3.63) is 54.1 Å². The number of benzene rings is 2. The number of rotatable bonds is 7. The van der Waals surface area contributed by atoms with Gasteiger partial charge in [-0.05, 0) is 62.1 Å². The molecule has 3 rings (SSSR count). The van der Waals surface area contributed by atoms with Gasteiger partial charge >= 0.3 is 0 Å². The van der Waals surface area contributed by atoms with Crippen molar-refractivity contribution >= 4 is 27.6 Å². The molecule has 0 radical (unpaired) electrons. The number of carbonyl (C=O) groups is 1. The summed E-state index contributed by atoms with van der Waals surface area (Å²) in [7, 11) is -1.85. The second kappa shape index (κ2) is 9.11. The van der Waals surface area contributed by atoms with E-state index < -0.39 is 10.0 Å². The Balaban J connectivity index is 1.54. The van der Waals surface area contributed by atoms with Crippen LogP contribution in [0.4, 0.5) is 0 Å². The van der Waals surface area contributed by atoms with E-state index in [0.717, 1.165) is 24.3 Å². The van der Waals surface area contributed by atoms with Crippen molar-refractivity contribution in [2.75, 3.05) is 26.0 Å². The predicted molar refractivity (Wildman–Crippen MR) is 112 cm³/mol. The Morgan fingerprint density at radius 3 is 2.21 bits per heavy atom. The van der Waals surface area contributed by atoms with Crippen LogP contribution in [0.2, 0.25) is 0 Å². The number of piperidine rings is 1. The molecule has 5 nitrogen and oxygen atoms in total. The van der Waals surface area contributed by atoms with E-state index >= 15 is 0 Å². The average molecular weight is 420 g/mol. The minimum Gasteiger partial charge on any atom is -0.497 e.